The zero-order valence-corrected chi connectivity index (χ0v) is 18.5. The van der Waals surface area contributed by atoms with Gasteiger partial charge in [-0.1, -0.05) is 18.2 Å². The Labute approximate surface area is 176 Å². The van der Waals surface area contributed by atoms with E-state index in [1.807, 2.05) is 0 Å². The Morgan fingerprint density at radius 2 is 0.739 bits per heavy atom. The summed E-state index contributed by atoms with van der Waals surface area (Å²) in [5.74, 6) is 0.783. The molecular weight excluding hydrogens is 621 g/mol. The number of halogens is 3. The molecule has 0 spiro atoms. The fourth-order valence-electron chi connectivity index (χ4n) is 4.18. The monoisotopic (exact) mass is 632 g/mol. The molecule has 0 amide bonds. The minimum atomic E-state index is 0.388. The second-order valence-corrected chi connectivity index (χ2v) is 9.92. The van der Waals surface area contributed by atoms with Crippen LogP contribution in [0.25, 0.3) is 0 Å². The molecule has 0 atom stereocenters. The van der Waals surface area contributed by atoms with Crippen molar-refractivity contribution in [3.8, 4) is 0 Å². The third kappa shape index (κ3) is 2.18. The van der Waals surface area contributed by atoms with Crippen LogP contribution < -0.4 is 0 Å². The van der Waals surface area contributed by atoms with Gasteiger partial charge in [-0.2, -0.15) is 0 Å². The van der Waals surface area contributed by atoms with Gasteiger partial charge in [-0.05, 0) is 138 Å². The average molecular weight is 632 g/mol. The van der Waals surface area contributed by atoms with Crippen LogP contribution in [0.1, 0.15) is 45.2 Å². The van der Waals surface area contributed by atoms with Gasteiger partial charge in [0.25, 0.3) is 0 Å². The van der Waals surface area contributed by atoms with E-state index in [2.05, 4.69) is 122 Å². The van der Waals surface area contributed by atoms with Crippen LogP contribution in [-0.2, 0) is 0 Å². The highest BCUT2D eigenvalue weighted by Gasteiger charge is 2.41. The zero-order chi connectivity index (χ0) is 15.7. The Bertz CT molecular complexity index is 847. The molecule has 112 valence electrons. The minimum Gasteiger partial charge on any atom is -0.0567 e. The van der Waals surface area contributed by atoms with Crippen LogP contribution in [0.2, 0.25) is 0 Å². The van der Waals surface area contributed by atoms with Gasteiger partial charge in [0.15, 0.2) is 0 Å². The first-order chi connectivity index (χ1) is 11.1. The van der Waals surface area contributed by atoms with Crippen molar-refractivity contribution >= 4 is 67.8 Å². The van der Waals surface area contributed by atoms with Gasteiger partial charge in [0.1, 0.15) is 0 Å². The van der Waals surface area contributed by atoms with E-state index < -0.39 is 0 Å². The van der Waals surface area contributed by atoms with E-state index in [1.165, 1.54) is 44.1 Å². The second-order valence-electron chi connectivity index (χ2n) is 6.19. The summed E-state index contributed by atoms with van der Waals surface area (Å²) in [7, 11) is 0. The largest absolute Gasteiger partial charge is 0.0567 e. The lowest BCUT2D eigenvalue weighted by atomic mass is 9.61. The molecule has 0 aromatic heterocycles. The molecule has 0 aliphatic heterocycles. The van der Waals surface area contributed by atoms with Crippen molar-refractivity contribution in [1.82, 2.24) is 0 Å². The van der Waals surface area contributed by atoms with E-state index >= 15 is 0 Å². The summed E-state index contributed by atoms with van der Waals surface area (Å²) in [4.78, 5) is 0. The average Bonchev–Trinajstić information content (AvgIpc) is 2.53. The Kier molecular flexibility index (Phi) is 3.57. The minimum absolute atomic E-state index is 0.388. The molecule has 3 aromatic carbocycles. The molecule has 0 saturated heterocycles. The fourth-order valence-corrected chi connectivity index (χ4v) is 5.73. The van der Waals surface area contributed by atoms with E-state index in [4.69, 9.17) is 0 Å². The Balaban J connectivity index is 1.90. The molecule has 0 radical (unpaired) electrons. The van der Waals surface area contributed by atoms with Crippen LogP contribution in [0.3, 0.4) is 0 Å². The Morgan fingerprint density at radius 1 is 0.435 bits per heavy atom. The van der Waals surface area contributed by atoms with Crippen molar-refractivity contribution in [2.75, 3.05) is 0 Å². The Hall–Kier alpha value is -0.150. The highest BCUT2D eigenvalue weighted by Crippen LogP contribution is 2.56. The predicted molar refractivity (Wildman–Crippen MR) is 119 cm³/mol. The quantitative estimate of drug-likeness (QED) is 0.172. The molecule has 2 bridgehead atoms. The van der Waals surface area contributed by atoms with Crippen LogP contribution in [0, 0.1) is 10.7 Å². The molecule has 0 saturated carbocycles. The molecule has 23 heavy (non-hydrogen) atoms. The van der Waals surface area contributed by atoms with Gasteiger partial charge in [0.05, 0.1) is 0 Å². The van der Waals surface area contributed by atoms with Crippen LogP contribution in [0.15, 0.2) is 54.6 Å². The number of benzene rings is 3. The van der Waals surface area contributed by atoms with Crippen molar-refractivity contribution in [3.63, 3.8) is 0 Å². The normalized spacial score (nSPS) is 20.0. The van der Waals surface area contributed by atoms with Crippen LogP contribution in [0.4, 0.5) is 0 Å². The molecule has 0 unspecified atom stereocenters. The molecular formula is C20H11I3. The van der Waals surface area contributed by atoms with Crippen molar-refractivity contribution in [3.05, 3.63) is 98.7 Å². The van der Waals surface area contributed by atoms with Crippen molar-refractivity contribution in [2.24, 2.45) is 0 Å². The Morgan fingerprint density at radius 3 is 1.09 bits per heavy atom. The predicted octanol–water partition coefficient (Wildman–Crippen LogP) is 6.49. The summed E-state index contributed by atoms with van der Waals surface area (Å²) in [5.41, 5.74) is 9.01. The highest BCUT2D eigenvalue weighted by atomic mass is 127. The SMILES string of the molecule is Ic1ccc2c(c1)C1c3cc(I)ccc3C2c2ccc(I)cc21. The third-order valence-corrected chi connectivity index (χ3v) is 7.03. The maximum atomic E-state index is 2.44. The first-order valence-electron chi connectivity index (χ1n) is 7.51. The summed E-state index contributed by atoms with van der Waals surface area (Å²) < 4.78 is 3.98. The topological polar surface area (TPSA) is 0 Å². The maximum Gasteiger partial charge on any atom is 0.0350 e. The summed E-state index contributed by atoms with van der Waals surface area (Å²) in [6.07, 6.45) is 0. The van der Waals surface area contributed by atoms with E-state index in [-0.39, 0.29) is 0 Å². The van der Waals surface area contributed by atoms with E-state index in [0.717, 1.165) is 0 Å². The molecule has 3 heteroatoms. The summed E-state index contributed by atoms with van der Waals surface area (Å²) in [5, 5.41) is 0. The molecule has 0 heterocycles. The number of hydrogen-bond acceptors (Lipinski definition) is 0. The van der Waals surface area contributed by atoms with Crippen LogP contribution in [0.5, 0.6) is 0 Å². The van der Waals surface area contributed by atoms with Crippen molar-refractivity contribution < 1.29 is 0 Å². The summed E-state index contributed by atoms with van der Waals surface area (Å²) in [6, 6.07) is 20.9. The van der Waals surface area contributed by atoms with Crippen molar-refractivity contribution in [2.45, 2.75) is 11.8 Å². The first-order valence-corrected chi connectivity index (χ1v) is 10.7. The van der Waals surface area contributed by atoms with E-state index in [9.17, 15) is 0 Å². The van der Waals surface area contributed by atoms with Crippen LogP contribution >= 0.6 is 67.8 Å². The lowest BCUT2D eigenvalue weighted by Gasteiger charge is -2.42. The molecule has 6 rings (SSSR count). The molecule has 3 aliphatic carbocycles. The smallest absolute Gasteiger partial charge is 0.0350 e. The van der Waals surface area contributed by atoms with Crippen molar-refractivity contribution in [1.29, 1.82) is 0 Å². The number of rotatable bonds is 0. The zero-order valence-electron chi connectivity index (χ0n) is 12.0. The molecule has 0 fully saturated rings. The van der Waals surface area contributed by atoms with Gasteiger partial charge in [-0.15, -0.1) is 0 Å². The fraction of sp³-hybridized carbons (Fsp3) is 0.100. The standard InChI is InChI=1S/C20H11I3/c21-10-1-4-13-16(7-10)20-17-8-11(22)2-5-14(17)19(13)15-6-3-12(23)9-18(15)20/h1-9,19-20H. The molecule has 0 N–H and O–H groups in total. The highest BCUT2D eigenvalue weighted by molar-refractivity contribution is 14.1. The van der Waals surface area contributed by atoms with E-state index in [0.29, 0.717) is 11.8 Å². The van der Waals surface area contributed by atoms with Gasteiger partial charge >= 0.3 is 0 Å². The maximum absolute atomic E-state index is 2.44. The lowest BCUT2D eigenvalue weighted by Crippen LogP contribution is -2.27. The summed E-state index contributed by atoms with van der Waals surface area (Å²) in [6.45, 7) is 0. The van der Waals surface area contributed by atoms with Crippen LogP contribution in [-0.4, -0.2) is 0 Å². The second kappa shape index (κ2) is 5.42. The lowest BCUT2D eigenvalue weighted by molar-refractivity contribution is 0.752. The molecule has 3 aromatic rings. The van der Waals surface area contributed by atoms with Gasteiger partial charge in [-0.3, -0.25) is 0 Å². The van der Waals surface area contributed by atoms with Gasteiger partial charge in [0, 0.05) is 22.5 Å². The number of hydrogen-bond donors (Lipinski definition) is 0. The van der Waals surface area contributed by atoms with Gasteiger partial charge in [-0.25, -0.2) is 0 Å². The summed E-state index contributed by atoms with van der Waals surface area (Å²) >= 11 is 7.31. The third-order valence-electron chi connectivity index (χ3n) is 5.01. The first kappa shape index (κ1) is 15.1. The van der Waals surface area contributed by atoms with Gasteiger partial charge in [0.2, 0.25) is 0 Å². The van der Waals surface area contributed by atoms with E-state index in [1.54, 1.807) is 0 Å². The molecule has 0 nitrogen and oxygen atoms in total. The van der Waals surface area contributed by atoms with Gasteiger partial charge < -0.3 is 0 Å². The molecule has 3 aliphatic rings.